The fraction of sp³-hybridized carbons (Fsp3) is 0.586. The molecular weight excluding hydrogens is 386 g/mol. The first-order valence-corrected chi connectivity index (χ1v) is 12.6. The molecule has 0 aliphatic heterocycles. The van der Waals surface area contributed by atoms with E-state index in [4.69, 9.17) is 0 Å². The van der Waals surface area contributed by atoms with Crippen molar-refractivity contribution in [1.82, 2.24) is 0 Å². The van der Waals surface area contributed by atoms with Crippen molar-refractivity contribution in [1.29, 1.82) is 0 Å². The number of halogens is 2. The Morgan fingerprint density at radius 3 is 2.61 bits per heavy atom. The average molecular weight is 425 g/mol. The summed E-state index contributed by atoms with van der Waals surface area (Å²) in [6, 6.07) is 7.32. The molecule has 0 heterocycles. The molecule has 2 aliphatic rings. The van der Waals surface area contributed by atoms with Gasteiger partial charge in [0, 0.05) is 0 Å². The van der Waals surface area contributed by atoms with Gasteiger partial charge in [-0.1, -0.05) is 63.3 Å². The van der Waals surface area contributed by atoms with Crippen LogP contribution >= 0.6 is 0 Å². The second kappa shape index (κ2) is 10.3. The van der Waals surface area contributed by atoms with E-state index in [9.17, 15) is 4.39 Å². The monoisotopic (exact) mass is 424 g/mol. The van der Waals surface area contributed by atoms with Crippen molar-refractivity contribution in [3.63, 3.8) is 0 Å². The number of aryl methyl sites for hydroxylation is 1. The SMILES string of the molecule is C=CCCc1cc(F)c2c(F)c(C3CCC4CC(CCCCC)CCC4C3)ccc2c1. The van der Waals surface area contributed by atoms with E-state index in [1.165, 1.54) is 57.4 Å². The highest BCUT2D eigenvalue weighted by Gasteiger charge is 2.36. The summed E-state index contributed by atoms with van der Waals surface area (Å²) in [5.41, 5.74) is 1.65. The number of benzene rings is 2. The van der Waals surface area contributed by atoms with Gasteiger partial charge in [-0.05, 0) is 91.2 Å². The molecule has 4 atom stereocenters. The summed E-state index contributed by atoms with van der Waals surface area (Å²) >= 11 is 0. The predicted molar refractivity (Wildman–Crippen MR) is 127 cm³/mol. The van der Waals surface area contributed by atoms with Crippen LogP contribution in [0, 0.1) is 29.4 Å². The van der Waals surface area contributed by atoms with Gasteiger partial charge in [-0.2, -0.15) is 0 Å². The number of rotatable bonds is 8. The lowest BCUT2D eigenvalue weighted by atomic mass is 9.63. The lowest BCUT2D eigenvalue weighted by molar-refractivity contribution is 0.112. The Kier molecular flexibility index (Phi) is 7.46. The number of fused-ring (bicyclic) bond motifs is 2. The minimum atomic E-state index is -0.419. The maximum absolute atomic E-state index is 15.5. The van der Waals surface area contributed by atoms with Crippen LogP contribution < -0.4 is 0 Å². The maximum Gasteiger partial charge on any atom is 0.137 e. The first kappa shape index (κ1) is 22.5. The Labute approximate surface area is 187 Å². The number of allylic oxidation sites excluding steroid dienone is 1. The molecule has 0 spiro atoms. The van der Waals surface area contributed by atoms with Crippen molar-refractivity contribution in [2.75, 3.05) is 0 Å². The van der Waals surface area contributed by atoms with Gasteiger partial charge in [0.2, 0.25) is 0 Å². The molecular formula is C29H38F2. The third-order valence-corrected chi connectivity index (χ3v) is 8.11. The van der Waals surface area contributed by atoms with Crippen LogP contribution in [0.5, 0.6) is 0 Å². The fourth-order valence-electron chi connectivity index (χ4n) is 6.39. The third kappa shape index (κ3) is 5.04. The van der Waals surface area contributed by atoms with Crippen LogP contribution in [0.2, 0.25) is 0 Å². The van der Waals surface area contributed by atoms with Crippen LogP contribution in [0.15, 0.2) is 36.9 Å². The summed E-state index contributed by atoms with van der Waals surface area (Å²) in [5.74, 6) is 1.96. The zero-order valence-corrected chi connectivity index (χ0v) is 19.1. The molecule has 4 unspecified atom stereocenters. The van der Waals surface area contributed by atoms with E-state index in [2.05, 4.69) is 13.5 Å². The van der Waals surface area contributed by atoms with Crippen molar-refractivity contribution in [2.24, 2.45) is 17.8 Å². The number of hydrogen-bond donors (Lipinski definition) is 0. The van der Waals surface area contributed by atoms with Crippen LogP contribution in [0.4, 0.5) is 8.78 Å². The van der Waals surface area contributed by atoms with Crippen molar-refractivity contribution < 1.29 is 8.78 Å². The Hall–Kier alpha value is -1.70. The summed E-state index contributed by atoms with van der Waals surface area (Å²) in [4.78, 5) is 0. The zero-order valence-electron chi connectivity index (χ0n) is 19.1. The van der Waals surface area contributed by atoms with Gasteiger partial charge in [-0.25, -0.2) is 8.78 Å². The molecule has 0 amide bonds. The molecule has 2 aromatic rings. The van der Waals surface area contributed by atoms with Gasteiger partial charge in [-0.15, -0.1) is 6.58 Å². The smallest absolute Gasteiger partial charge is 0.137 e. The summed E-state index contributed by atoms with van der Waals surface area (Å²) in [5, 5.41) is 0.864. The Morgan fingerprint density at radius 2 is 1.81 bits per heavy atom. The average Bonchev–Trinajstić information content (AvgIpc) is 2.77. The Bertz CT molecular complexity index is 899. The second-order valence-corrected chi connectivity index (χ2v) is 10.2. The molecule has 2 heteroatoms. The summed E-state index contributed by atoms with van der Waals surface area (Å²) < 4.78 is 30.4. The largest absolute Gasteiger partial charge is 0.206 e. The molecule has 0 saturated heterocycles. The van der Waals surface area contributed by atoms with E-state index in [1.54, 1.807) is 0 Å². The van der Waals surface area contributed by atoms with Crippen LogP contribution in [0.25, 0.3) is 10.8 Å². The topological polar surface area (TPSA) is 0 Å². The highest BCUT2D eigenvalue weighted by molar-refractivity contribution is 5.85. The van der Waals surface area contributed by atoms with Crippen LogP contribution in [-0.4, -0.2) is 0 Å². The number of hydrogen-bond acceptors (Lipinski definition) is 0. The molecule has 2 fully saturated rings. The Morgan fingerprint density at radius 1 is 1.00 bits per heavy atom. The quantitative estimate of drug-likeness (QED) is 0.293. The first-order chi connectivity index (χ1) is 15.1. The molecule has 0 radical (unpaired) electrons. The van der Waals surface area contributed by atoms with Crippen molar-refractivity contribution >= 4 is 10.8 Å². The molecule has 168 valence electrons. The summed E-state index contributed by atoms with van der Waals surface area (Å²) in [6.45, 7) is 6.01. The molecule has 2 aliphatic carbocycles. The van der Waals surface area contributed by atoms with E-state index in [0.29, 0.717) is 5.39 Å². The molecule has 4 rings (SSSR count). The molecule has 2 aromatic carbocycles. The minimum absolute atomic E-state index is 0.182. The second-order valence-electron chi connectivity index (χ2n) is 10.2. The maximum atomic E-state index is 15.5. The molecule has 2 saturated carbocycles. The van der Waals surface area contributed by atoms with Gasteiger partial charge in [-0.3, -0.25) is 0 Å². The first-order valence-electron chi connectivity index (χ1n) is 12.6. The molecule has 31 heavy (non-hydrogen) atoms. The number of unbranched alkanes of at least 4 members (excludes halogenated alkanes) is 2. The third-order valence-electron chi connectivity index (χ3n) is 8.11. The molecule has 0 N–H and O–H groups in total. The fourth-order valence-corrected chi connectivity index (χ4v) is 6.39. The Balaban J connectivity index is 1.47. The van der Waals surface area contributed by atoms with Gasteiger partial charge < -0.3 is 0 Å². The summed E-state index contributed by atoms with van der Waals surface area (Å²) in [6.07, 6.45) is 16.2. The minimum Gasteiger partial charge on any atom is -0.206 e. The van der Waals surface area contributed by atoms with Gasteiger partial charge in [0.15, 0.2) is 0 Å². The van der Waals surface area contributed by atoms with E-state index >= 15 is 4.39 Å². The molecule has 0 bridgehead atoms. The van der Waals surface area contributed by atoms with Crippen molar-refractivity contribution in [2.45, 2.75) is 89.9 Å². The van der Waals surface area contributed by atoms with Crippen molar-refractivity contribution in [3.8, 4) is 0 Å². The lowest BCUT2D eigenvalue weighted by Gasteiger charge is -2.42. The van der Waals surface area contributed by atoms with E-state index in [-0.39, 0.29) is 17.1 Å². The van der Waals surface area contributed by atoms with Gasteiger partial charge >= 0.3 is 0 Å². The van der Waals surface area contributed by atoms with Crippen molar-refractivity contribution in [3.05, 3.63) is 59.7 Å². The summed E-state index contributed by atoms with van der Waals surface area (Å²) in [7, 11) is 0. The standard InChI is InChI=1S/C29H38F2/c1-3-5-7-9-20-10-11-23-19-24(13-12-22(23)16-20)26-15-14-25-17-21(8-6-4-2)18-27(30)28(25)29(26)31/h4,14-15,17-18,20,22-24H,2-3,5-13,16,19H2,1H3. The molecule has 0 aromatic heterocycles. The highest BCUT2D eigenvalue weighted by Crippen LogP contribution is 2.49. The van der Waals surface area contributed by atoms with Gasteiger partial charge in [0.05, 0.1) is 5.39 Å². The van der Waals surface area contributed by atoms with E-state index in [0.717, 1.165) is 54.6 Å². The van der Waals surface area contributed by atoms with E-state index in [1.807, 2.05) is 24.3 Å². The van der Waals surface area contributed by atoms with Crippen LogP contribution in [0.3, 0.4) is 0 Å². The zero-order chi connectivity index (χ0) is 21.8. The predicted octanol–water partition coefficient (Wildman–Crippen LogP) is 9.12. The van der Waals surface area contributed by atoms with E-state index < -0.39 is 5.82 Å². The van der Waals surface area contributed by atoms with Gasteiger partial charge in [0.1, 0.15) is 11.6 Å². The molecule has 0 nitrogen and oxygen atoms in total. The normalized spacial score (nSPS) is 26.0. The highest BCUT2D eigenvalue weighted by atomic mass is 19.1. The van der Waals surface area contributed by atoms with Gasteiger partial charge in [0.25, 0.3) is 0 Å². The lowest BCUT2D eigenvalue weighted by Crippen LogP contribution is -2.30. The van der Waals surface area contributed by atoms with Crippen LogP contribution in [-0.2, 0) is 6.42 Å². The van der Waals surface area contributed by atoms with Crippen LogP contribution in [0.1, 0.15) is 94.6 Å².